The van der Waals surface area contributed by atoms with Gasteiger partial charge in [0.15, 0.2) is 11.5 Å². The first-order valence-electron chi connectivity index (χ1n) is 7.51. The van der Waals surface area contributed by atoms with E-state index in [0.29, 0.717) is 11.5 Å². The molecule has 3 amide bonds. The van der Waals surface area contributed by atoms with Crippen LogP contribution in [0.5, 0.6) is 11.5 Å². The molecule has 0 unspecified atom stereocenters. The summed E-state index contributed by atoms with van der Waals surface area (Å²) >= 11 is 0. The zero-order chi connectivity index (χ0) is 20.0. The molecule has 0 bridgehead atoms. The number of alkyl halides is 3. The summed E-state index contributed by atoms with van der Waals surface area (Å²) < 4.78 is 48.1. The van der Waals surface area contributed by atoms with Crippen LogP contribution in [0.25, 0.3) is 0 Å². The van der Waals surface area contributed by atoms with Gasteiger partial charge in [-0.15, -0.1) is 0 Å². The fourth-order valence-corrected chi connectivity index (χ4v) is 2.10. The average Bonchev–Trinajstić information content (AvgIpc) is 2.65. The van der Waals surface area contributed by atoms with E-state index < -0.39 is 23.7 Å². The lowest BCUT2D eigenvalue weighted by Gasteiger charge is -2.12. The molecule has 3 N–H and O–H groups in total. The summed E-state index contributed by atoms with van der Waals surface area (Å²) in [4.78, 5) is 23.8. The number of nitrogens with one attached hydrogen (secondary N) is 3. The predicted octanol–water partition coefficient (Wildman–Crippen LogP) is 3.19. The van der Waals surface area contributed by atoms with Crippen LogP contribution in [-0.4, -0.2) is 26.2 Å². The van der Waals surface area contributed by atoms with E-state index in [1.165, 1.54) is 38.5 Å². The molecule has 0 aliphatic heterocycles. The third-order valence-electron chi connectivity index (χ3n) is 3.38. The van der Waals surface area contributed by atoms with Crippen molar-refractivity contribution in [3.8, 4) is 11.5 Å². The first-order valence-corrected chi connectivity index (χ1v) is 7.51. The summed E-state index contributed by atoms with van der Waals surface area (Å²) in [6.45, 7) is 0. The van der Waals surface area contributed by atoms with E-state index in [4.69, 9.17) is 9.47 Å². The number of carbonyl (C=O) groups excluding carboxylic acids is 2. The summed E-state index contributed by atoms with van der Waals surface area (Å²) in [5.74, 6) is 0.0815. The third-order valence-corrected chi connectivity index (χ3v) is 3.38. The summed E-state index contributed by atoms with van der Waals surface area (Å²) in [6, 6.07) is 7.53. The molecule has 2 aromatic carbocycles. The zero-order valence-corrected chi connectivity index (χ0v) is 14.3. The van der Waals surface area contributed by atoms with Crippen LogP contribution in [0.2, 0.25) is 0 Å². The Morgan fingerprint density at radius 3 is 2.26 bits per heavy atom. The molecular formula is C17H16F3N3O4. The summed E-state index contributed by atoms with van der Waals surface area (Å²) in [7, 11) is 2.84. The van der Waals surface area contributed by atoms with E-state index in [0.717, 1.165) is 18.2 Å². The average molecular weight is 383 g/mol. The SMILES string of the molecule is COc1ccc(C(=O)NNC(=O)Nc2cccc(C(F)(F)F)c2)cc1OC. The Morgan fingerprint density at radius 1 is 0.926 bits per heavy atom. The van der Waals surface area contributed by atoms with Crippen molar-refractivity contribution in [2.45, 2.75) is 6.18 Å². The molecular weight excluding hydrogens is 367 g/mol. The minimum Gasteiger partial charge on any atom is -0.493 e. The number of amides is 3. The Bertz CT molecular complexity index is 840. The number of anilines is 1. The Hall–Kier alpha value is -3.43. The van der Waals surface area contributed by atoms with Gasteiger partial charge in [0.25, 0.3) is 5.91 Å². The second-order valence-corrected chi connectivity index (χ2v) is 5.18. The Balaban J connectivity index is 1.97. The highest BCUT2D eigenvalue weighted by atomic mass is 19.4. The first kappa shape index (κ1) is 19.9. The molecule has 0 saturated carbocycles. The number of carbonyl (C=O) groups is 2. The van der Waals surface area contributed by atoms with Crippen LogP contribution in [0, 0.1) is 0 Å². The normalized spacial score (nSPS) is 10.7. The van der Waals surface area contributed by atoms with Gasteiger partial charge in [0.2, 0.25) is 0 Å². The second kappa shape index (κ2) is 8.30. The van der Waals surface area contributed by atoms with Gasteiger partial charge in [-0.3, -0.25) is 10.2 Å². The highest BCUT2D eigenvalue weighted by Gasteiger charge is 2.30. The van der Waals surface area contributed by atoms with Crippen LogP contribution in [0.1, 0.15) is 15.9 Å². The second-order valence-electron chi connectivity index (χ2n) is 5.18. The van der Waals surface area contributed by atoms with Gasteiger partial charge in [0.05, 0.1) is 19.8 Å². The molecule has 0 radical (unpaired) electrons. The molecule has 10 heteroatoms. The van der Waals surface area contributed by atoms with Crippen molar-refractivity contribution in [2.75, 3.05) is 19.5 Å². The number of methoxy groups -OCH3 is 2. The lowest BCUT2D eigenvalue weighted by molar-refractivity contribution is -0.137. The first-order chi connectivity index (χ1) is 12.7. The number of rotatable bonds is 4. The van der Waals surface area contributed by atoms with E-state index in [2.05, 4.69) is 16.2 Å². The number of hydrogen-bond donors (Lipinski definition) is 3. The fourth-order valence-electron chi connectivity index (χ4n) is 2.10. The van der Waals surface area contributed by atoms with Crippen molar-refractivity contribution in [2.24, 2.45) is 0 Å². The Kier molecular flexibility index (Phi) is 6.11. The van der Waals surface area contributed by atoms with Crippen LogP contribution in [0.15, 0.2) is 42.5 Å². The van der Waals surface area contributed by atoms with Gasteiger partial charge in [-0.05, 0) is 36.4 Å². The zero-order valence-electron chi connectivity index (χ0n) is 14.3. The highest BCUT2D eigenvalue weighted by molar-refractivity contribution is 5.97. The number of ether oxygens (including phenoxy) is 2. The van der Waals surface area contributed by atoms with Crippen LogP contribution < -0.4 is 25.6 Å². The molecule has 0 aliphatic carbocycles. The van der Waals surface area contributed by atoms with Gasteiger partial charge >= 0.3 is 12.2 Å². The third kappa shape index (κ3) is 5.27. The van der Waals surface area contributed by atoms with E-state index >= 15 is 0 Å². The predicted molar refractivity (Wildman–Crippen MR) is 90.6 cm³/mol. The van der Waals surface area contributed by atoms with Crippen molar-refractivity contribution >= 4 is 17.6 Å². The lowest BCUT2D eigenvalue weighted by atomic mass is 10.2. The summed E-state index contributed by atoms with van der Waals surface area (Å²) in [5.41, 5.74) is 3.37. The molecule has 0 aromatic heterocycles. The van der Waals surface area contributed by atoms with Gasteiger partial charge in [0.1, 0.15) is 0 Å². The van der Waals surface area contributed by atoms with Crippen LogP contribution >= 0.6 is 0 Å². The minimum absolute atomic E-state index is 0.0808. The summed E-state index contributed by atoms with van der Waals surface area (Å²) in [6.07, 6.45) is -4.53. The maximum atomic E-state index is 12.7. The van der Waals surface area contributed by atoms with Crippen LogP contribution in [-0.2, 0) is 6.18 Å². The van der Waals surface area contributed by atoms with Crippen molar-refractivity contribution in [1.82, 2.24) is 10.9 Å². The van der Waals surface area contributed by atoms with Gasteiger partial charge < -0.3 is 14.8 Å². The monoisotopic (exact) mass is 383 g/mol. The smallest absolute Gasteiger partial charge is 0.416 e. The van der Waals surface area contributed by atoms with Gasteiger partial charge in [-0.1, -0.05) is 6.07 Å². The van der Waals surface area contributed by atoms with Crippen molar-refractivity contribution < 1.29 is 32.2 Å². The van der Waals surface area contributed by atoms with E-state index in [-0.39, 0.29) is 11.3 Å². The van der Waals surface area contributed by atoms with Crippen molar-refractivity contribution in [3.05, 3.63) is 53.6 Å². The quantitative estimate of drug-likeness (QED) is 0.708. The largest absolute Gasteiger partial charge is 0.493 e. The molecule has 0 aliphatic rings. The molecule has 2 aromatic rings. The minimum atomic E-state index is -4.53. The molecule has 144 valence electrons. The van der Waals surface area contributed by atoms with Gasteiger partial charge in [-0.2, -0.15) is 13.2 Å². The lowest BCUT2D eigenvalue weighted by Crippen LogP contribution is -2.43. The van der Waals surface area contributed by atoms with E-state index in [1.54, 1.807) is 0 Å². The van der Waals surface area contributed by atoms with E-state index in [9.17, 15) is 22.8 Å². The molecule has 0 fully saturated rings. The van der Waals surface area contributed by atoms with Crippen molar-refractivity contribution in [1.29, 1.82) is 0 Å². The molecule has 2 rings (SSSR count). The number of benzene rings is 2. The molecule has 7 nitrogen and oxygen atoms in total. The molecule has 0 spiro atoms. The van der Waals surface area contributed by atoms with Gasteiger partial charge in [0, 0.05) is 11.3 Å². The Morgan fingerprint density at radius 2 is 1.63 bits per heavy atom. The van der Waals surface area contributed by atoms with E-state index in [1.807, 2.05) is 0 Å². The van der Waals surface area contributed by atoms with Gasteiger partial charge in [-0.25, -0.2) is 10.2 Å². The number of hydrogen-bond acceptors (Lipinski definition) is 4. The molecule has 0 heterocycles. The van der Waals surface area contributed by atoms with Crippen LogP contribution in [0.4, 0.5) is 23.7 Å². The Labute approximate surface area is 152 Å². The number of urea groups is 1. The molecule has 27 heavy (non-hydrogen) atoms. The maximum Gasteiger partial charge on any atom is 0.416 e. The number of hydrazine groups is 1. The highest BCUT2D eigenvalue weighted by Crippen LogP contribution is 2.30. The topological polar surface area (TPSA) is 88.7 Å². The number of halogens is 3. The van der Waals surface area contributed by atoms with Crippen LogP contribution in [0.3, 0.4) is 0 Å². The molecule has 0 atom stereocenters. The summed E-state index contributed by atoms with van der Waals surface area (Å²) in [5, 5.41) is 2.19. The van der Waals surface area contributed by atoms with Crippen molar-refractivity contribution in [3.63, 3.8) is 0 Å². The fraction of sp³-hybridized carbons (Fsp3) is 0.176. The maximum absolute atomic E-state index is 12.7. The molecule has 0 saturated heterocycles. The standard InChI is InChI=1S/C17H16F3N3O4/c1-26-13-7-6-10(8-14(13)27-2)15(24)22-23-16(25)21-12-5-3-4-11(9-12)17(18,19)20/h3-9H,1-2H3,(H,22,24)(H2,21,23,25).